The molecule has 1 N–H and O–H groups in total. The average molecular weight is 399 g/mol. The Kier molecular flexibility index (Phi) is 7.25. The number of esters is 1. The highest BCUT2D eigenvalue weighted by molar-refractivity contribution is 7.87. The molecule has 7 nitrogen and oxygen atoms in total. The van der Waals surface area contributed by atoms with E-state index in [9.17, 15) is 13.2 Å². The zero-order valence-corrected chi connectivity index (χ0v) is 17.3. The van der Waals surface area contributed by atoms with Gasteiger partial charge in [-0.2, -0.15) is 17.4 Å². The van der Waals surface area contributed by atoms with E-state index in [1.165, 1.54) is 17.0 Å². The summed E-state index contributed by atoms with van der Waals surface area (Å²) in [4.78, 5) is 11.5. The lowest BCUT2D eigenvalue weighted by molar-refractivity contribution is -0.146. The van der Waals surface area contributed by atoms with Crippen LogP contribution in [0.3, 0.4) is 0 Å². The fraction of sp³-hybridized carbons (Fsp3) is 0.632. The fourth-order valence-electron chi connectivity index (χ4n) is 2.98. The second-order valence-corrected chi connectivity index (χ2v) is 9.47. The van der Waals surface area contributed by atoms with Crippen LogP contribution >= 0.6 is 0 Å². The van der Waals surface area contributed by atoms with Gasteiger partial charge in [0.05, 0.1) is 13.0 Å². The predicted octanol–water partition coefficient (Wildman–Crippen LogP) is 2.08. The summed E-state index contributed by atoms with van der Waals surface area (Å²) >= 11 is 0. The van der Waals surface area contributed by atoms with Crippen molar-refractivity contribution in [3.05, 3.63) is 29.8 Å². The second-order valence-electron chi connectivity index (χ2n) is 7.72. The van der Waals surface area contributed by atoms with E-state index >= 15 is 0 Å². The topological polar surface area (TPSA) is 84.9 Å². The van der Waals surface area contributed by atoms with Crippen molar-refractivity contribution in [3.63, 3.8) is 0 Å². The Hall–Kier alpha value is -1.64. The minimum Gasteiger partial charge on any atom is -0.492 e. The highest BCUT2D eigenvalue weighted by Crippen LogP contribution is 2.24. The third-order valence-corrected chi connectivity index (χ3v) is 6.32. The molecule has 1 aliphatic heterocycles. The molecule has 0 aromatic heterocycles. The van der Waals surface area contributed by atoms with Crippen LogP contribution in [0.2, 0.25) is 0 Å². The van der Waals surface area contributed by atoms with Gasteiger partial charge in [-0.3, -0.25) is 4.79 Å². The molecule has 1 aromatic carbocycles. The molecular weight excluding hydrogens is 368 g/mol. The maximum atomic E-state index is 12.3. The lowest BCUT2D eigenvalue weighted by Crippen LogP contribution is -2.46. The van der Waals surface area contributed by atoms with Gasteiger partial charge in [0, 0.05) is 19.6 Å². The van der Waals surface area contributed by atoms with Crippen molar-refractivity contribution >= 4 is 16.2 Å². The number of nitrogens with zero attached hydrogens (tertiary/aromatic N) is 1. The van der Waals surface area contributed by atoms with Crippen molar-refractivity contribution in [1.29, 1.82) is 0 Å². The molecule has 1 saturated heterocycles. The number of ether oxygens (including phenoxy) is 2. The van der Waals surface area contributed by atoms with E-state index in [1.807, 2.05) is 24.3 Å². The summed E-state index contributed by atoms with van der Waals surface area (Å²) in [5, 5.41) is 0. The third-order valence-electron chi connectivity index (χ3n) is 4.70. The van der Waals surface area contributed by atoms with E-state index in [0.29, 0.717) is 31.7 Å². The van der Waals surface area contributed by atoms with Gasteiger partial charge >= 0.3 is 5.97 Å². The van der Waals surface area contributed by atoms with Crippen LogP contribution in [0.15, 0.2) is 24.3 Å². The Morgan fingerprint density at radius 3 is 2.30 bits per heavy atom. The normalized spacial score (nSPS) is 16.9. The minimum atomic E-state index is -3.57. The largest absolute Gasteiger partial charge is 0.492 e. The lowest BCUT2D eigenvalue weighted by atomic mass is 9.87. The summed E-state index contributed by atoms with van der Waals surface area (Å²) in [6.45, 7) is 7.48. The molecule has 1 aromatic rings. The molecule has 0 bridgehead atoms. The van der Waals surface area contributed by atoms with Crippen LogP contribution < -0.4 is 9.46 Å². The molecule has 8 heteroatoms. The molecule has 0 amide bonds. The van der Waals surface area contributed by atoms with Crippen LogP contribution in [-0.2, 0) is 25.2 Å². The first-order valence-electron chi connectivity index (χ1n) is 9.19. The molecule has 152 valence electrons. The number of rotatable bonds is 7. The molecule has 1 aliphatic rings. The van der Waals surface area contributed by atoms with Gasteiger partial charge in [-0.1, -0.05) is 32.9 Å². The number of carbonyl (C=O) groups is 1. The quantitative estimate of drug-likeness (QED) is 0.561. The average Bonchev–Trinajstić information content (AvgIpc) is 2.64. The van der Waals surface area contributed by atoms with Crippen molar-refractivity contribution in [2.75, 3.05) is 33.4 Å². The number of hydrogen-bond donors (Lipinski definition) is 1. The number of benzene rings is 1. The van der Waals surface area contributed by atoms with E-state index in [0.717, 1.165) is 0 Å². The molecule has 27 heavy (non-hydrogen) atoms. The lowest BCUT2D eigenvalue weighted by Gasteiger charge is -2.29. The van der Waals surface area contributed by atoms with E-state index in [4.69, 9.17) is 9.47 Å². The molecule has 0 unspecified atom stereocenters. The summed E-state index contributed by atoms with van der Waals surface area (Å²) < 4.78 is 38.9. The van der Waals surface area contributed by atoms with Crippen molar-refractivity contribution in [3.8, 4) is 5.75 Å². The second kappa shape index (κ2) is 9.03. The zero-order chi connectivity index (χ0) is 20.1. The highest BCUT2D eigenvalue weighted by atomic mass is 32.2. The van der Waals surface area contributed by atoms with Crippen LogP contribution in [0.1, 0.15) is 39.2 Å². The monoisotopic (exact) mass is 398 g/mol. The van der Waals surface area contributed by atoms with Crippen molar-refractivity contribution < 1.29 is 22.7 Å². The van der Waals surface area contributed by atoms with E-state index in [1.54, 1.807) is 0 Å². The number of hydrogen-bond acceptors (Lipinski definition) is 5. The van der Waals surface area contributed by atoms with Gasteiger partial charge in [0.25, 0.3) is 10.2 Å². The van der Waals surface area contributed by atoms with Crippen LogP contribution in [0.4, 0.5) is 0 Å². The SMILES string of the molecule is COC(=O)C1CCN(S(=O)(=O)NCCOc2ccc(C(C)(C)C)cc2)CC1. The summed E-state index contributed by atoms with van der Waals surface area (Å²) in [5.74, 6) is 0.216. The molecular formula is C19H30N2O5S. The Balaban J connectivity index is 1.75. The predicted molar refractivity (Wildman–Crippen MR) is 104 cm³/mol. The van der Waals surface area contributed by atoms with E-state index < -0.39 is 10.2 Å². The molecule has 0 aliphatic carbocycles. The van der Waals surface area contributed by atoms with Crippen LogP contribution in [0.25, 0.3) is 0 Å². The van der Waals surface area contributed by atoms with Gasteiger partial charge in [0.15, 0.2) is 0 Å². The number of carbonyl (C=O) groups excluding carboxylic acids is 1. The fourth-order valence-corrected chi connectivity index (χ4v) is 4.20. The van der Waals surface area contributed by atoms with Crippen molar-refractivity contribution in [2.24, 2.45) is 5.92 Å². The summed E-state index contributed by atoms with van der Waals surface area (Å²) in [6, 6.07) is 7.83. The van der Waals surface area contributed by atoms with Crippen LogP contribution in [0, 0.1) is 5.92 Å². The number of piperidine rings is 1. The van der Waals surface area contributed by atoms with Crippen molar-refractivity contribution in [2.45, 2.75) is 39.0 Å². The third kappa shape index (κ3) is 6.19. The highest BCUT2D eigenvalue weighted by Gasteiger charge is 2.31. The van der Waals surface area contributed by atoms with E-state index in [2.05, 4.69) is 25.5 Å². The molecule has 1 fully saturated rings. The van der Waals surface area contributed by atoms with Crippen LogP contribution in [-0.4, -0.2) is 52.0 Å². The Morgan fingerprint density at radius 1 is 1.19 bits per heavy atom. The maximum Gasteiger partial charge on any atom is 0.308 e. The molecule has 0 saturated carbocycles. The zero-order valence-electron chi connectivity index (χ0n) is 16.5. The van der Waals surface area contributed by atoms with Crippen LogP contribution in [0.5, 0.6) is 5.75 Å². The van der Waals surface area contributed by atoms with Gasteiger partial charge in [0.1, 0.15) is 12.4 Å². The number of methoxy groups -OCH3 is 1. The van der Waals surface area contributed by atoms with Gasteiger partial charge in [-0.15, -0.1) is 0 Å². The van der Waals surface area contributed by atoms with E-state index in [-0.39, 0.29) is 30.5 Å². The number of nitrogens with one attached hydrogen (secondary N) is 1. The van der Waals surface area contributed by atoms with Gasteiger partial charge in [-0.25, -0.2) is 0 Å². The molecule has 0 atom stereocenters. The molecule has 0 radical (unpaired) electrons. The smallest absolute Gasteiger partial charge is 0.308 e. The first kappa shape index (κ1) is 21.7. The standard InChI is InChI=1S/C19H30N2O5S/c1-19(2,3)16-5-7-17(8-6-16)26-14-11-20-27(23,24)21-12-9-15(10-13-21)18(22)25-4/h5-8,15,20H,9-14H2,1-4H3. The van der Waals surface area contributed by atoms with Crippen molar-refractivity contribution in [1.82, 2.24) is 9.03 Å². The molecule has 0 spiro atoms. The molecule has 1 heterocycles. The first-order chi connectivity index (χ1) is 12.6. The first-order valence-corrected chi connectivity index (χ1v) is 10.6. The maximum absolute atomic E-state index is 12.3. The molecule has 2 rings (SSSR count). The Bertz CT molecular complexity index is 717. The Labute approximate surface area is 162 Å². The summed E-state index contributed by atoms with van der Waals surface area (Å²) in [6.07, 6.45) is 0.953. The summed E-state index contributed by atoms with van der Waals surface area (Å²) in [7, 11) is -2.22. The Morgan fingerprint density at radius 2 is 1.78 bits per heavy atom. The van der Waals surface area contributed by atoms with Gasteiger partial charge in [0.2, 0.25) is 0 Å². The van der Waals surface area contributed by atoms with Gasteiger partial charge < -0.3 is 9.47 Å². The van der Waals surface area contributed by atoms with Gasteiger partial charge in [-0.05, 0) is 36.0 Å². The minimum absolute atomic E-state index is 0.0789. The summed E-state index contributed by atoms with van der Waals surface area (Å²) in [5.41, 5.74) is 1.29.